The lowest BCUT2D eigenvalue weighted by atomic mass is 9.95. The van der Waals surface area contributed by atoms with Crippen LogP contribution in [0.3, 0.4) is 0 Å². The topological polar surface area (TPSA) is 40.5 Å². The molecule has 18 heavy (non-hydrogen) atoms. The van der Waals surface area contributed by atoms with Crippen molar-refractivity contribution in [3.63, 3.8) is 0 Å². The SMILES string of the molecule is [2H]c1c2ccc(c1O)CCc1ccc(c(O)c1)CC2. The van der Waals surface area contributed by atoms with E-state index < -0.39 is 0 Å². The Morgan fingerprint density at radius 3 is 2.17 bits per heavy atom. The maximum Gasteiger partial charge on any atom is 0.119 e. The summed E-state index contributed by atoms with van der Waals surface area (Å²) in [5, 5.41) is 20.0. The van der Waals surface area contributed by atoms with Crippen LogP contribution < -0.4 is 0 Å². The summed E-state index contributed by atoms with van der Waals surface area (Å²) in [5.41, 5.74) is 3.58. The maximum atomic E-state index is 10.1. The van der Waals surface area contributed by atoms with Gasteiger partial charge in [-0.2, -0.15) is 0 Å². The highest BCUT2D eigenvalue weighted by Crippen LogP contribution is 2.26. The molecule has 2 heteroatoms. The van der Waals surface area contributed by atoms with Crippen molar-refractivity contribution in [3.8, 4) is 11.5 Å². The number of rotatable bonds is 0. The largest absolute Gasteiger partial charge is 0.508 e. The van der Waals surface area contributed by atoms with E-state index in [1.807, 2.05) is 30.3 Å². The molecule has 0 saturated carbocycles. The van der Waals surface area contributed by atoms with Crippen LogP contribution >= 0.6 is 0 Å². The highest BCUT2D eigenvalue weighted by Gasteiger charge is 2.09. The lowest BCUT2D eigenvalue weighted by molar-refractivity contribution is 0.464. The molecule has 4 bridgehead atoms. The van der Waals surface area contributed by atoms with Gasteiger partial charge >= 0.3 is 0 Å². The molecule has 2 nitrogen and oxygen atoms in total. The molecule has 0 radical (unpaired) electrons. The Kier molecular flexibility index (Phi) is 2.43. The predicted octanol–water partition coefficient (Wildman–Crippen LogP) is 2.98. The molecule has 92 valence electrons. The zero-order valence-corrected chi connectivity index (χ0v) is 10.1. The third-order valence-corrected chi connectivity index (χ3v) is 3.57. The van der Waals surface area contributed by atoms with Gasteiger partial charge in [0, 0.05) is 0 Å². The molecule has 2 N–H and O–H groups in total. The fourth-order valence-electron chi connectivity index (χ4n) is 2.43. The van der Waals surface area contributed by atoms with Gasteiger partial charge < -0.3 is 10.2 Å². The smallest absolute Gasteiger partial charge is 0.119 e. The Bertz CT molecular complexity index is 635. The first-order valence-electron chi connectivity index (χ1n) is 6.76. The fourth-order valence-corrected chi connectivity index (χ4v) is 2.43. The van der Waals surface area contributed by atoms with Crippen LogP contribution in [0.4, 0.5) is 0 Å². The van der Waals surface area contributed by atoms with Gasteiger partial charge in [0.2, 0.25) is 0 Å². The van der Waals surface area contributed by atoms with E-state index in [1.165, 1.54) is 0 Å². The van der Waals surface area contributed by atoms with Crippen molar-refractivity contribution in [2.75, 3.05) is 0 Å². The van der Waals surface area contributed by atoms with Gasteiger partial charge in [0.25, 0.3) is 0 Å². The van der Waals surface area contributed by atoms with Crippen LogP contribution in [0.1, 0.15) is 23.6 Å². The zero-order chi connectivity index (χ0) is 13.4. The van der Waals surface area contributed by atoms with Gasteiger partial charge in [0.1, 0.15) is 11.5 Å². The molecule has 2 aromatic carbocycles. The van der Waals surface area contributed by atoms with Crippen LogP contribution in [-0.2, 0) is 25.7 Å². The number of phenolic OH excluding ortho intramolecular Hbond substituents is 2. The van der Waals surface area contributed by atoms with Crippen LogP contribution in [0.5, 0.6) is 11.5 Å². The van der Waals surface area contributed by atoms with Crippen molar-refractivity contribution in [1.29, 1.82) is 0 Å². The molecule has 0 atom stereocenters. The molecule has 0 saturated heterocycles. The van der Waals surface area contributed by atoms with Crippen molar-refractivity contribution in [1.82, 2.24) is 0 Å². The Morgan fingerprint density at radius 1 is 0.778 bits per heavy atom. The molecule has 0 aromatic heterocycles. The maximum absolute atomic E-state index is 10.1. The summed E-state index contributed by atoms with van der Waals surface area (Å²) in [5.74, 6) is 0.444. The van der Waals surface area contributed by atoms with Gasteiger partial charge in [-0.05, 0) is 60.0 Å². The second kappa shape index (κ2) is 4.37. The lowest BCUT2D eigenvalue weighted by Gasteiger charge is -2.12. The molecule has 0 amide bonds. The predicted molar refractivity (Wildman–Crippen MR) is 71.0 cm³/mol. The van der Waals surface area contributed by atoms with E-state index in [9.17, 15) is 10.2 Å². The van der Waals surface area contributed by atoms with Crippen LogP contribution in [0.25, 0.3) is 0 Å². The number of benzene rings is 2. The molecule has 0 aliphatic heterocycles. The van der Waals surface area contributed by atoms with Crippen molar-refractivity contribution in [3.05, 3.63) is 58.6 Å². The fraction of sp³-hybridized carbons (Fsp3) is 0.250. The number of phenols is 2. The summed E-state index contributed by atoms with van der Waals surface area (Å²) >= 11 is 0. The van der Waals surface area contributed by atoms with E-state index >= 15 is 0 Å². The van der Waals surface area contributed by atoms with E-state index in [1.54, 1.807) is 0 Å². The number of hydrogen-bond acceptors (Lipinski definition) is 2. The average molecular weight is 241 g/mol. The summed E-state index contributed by atoms with van der Waals surface area (Å²) in [4.78, 5) is 0. The van der Waals surface area contributed by atoms with Crippen molar-refractivity contribution in [2.24, 2.45) is 0 Å². The van der Waals surface area contributed by atoms with Crippen molar-refractivity contribution in [2.45, 2.75) is 25.7 Å². The number of aromatic hydroxyl groups is 2. The van der Waals surface area contributed by atoms with Gasteiger partial charge in [0.05, 0.1) is 1.37 Å². The monoisotopic (exact) mass is 241 g/mol. The number of aryl methyl sites for hydroxylation is 4. The van der Waals surface area contributed by atoms with Gasteiger partial charge in [-0.25, -0.2) is 0 Å². The van der Waals surface area contributed by atoms with Crippen LogP contribution in [-0.4, -0.2) is 10.2 Å². The minimum Gasteiger partial charge on any atom is -0.508 e. The van der Waals surface area contributed by atoms with E-state index in [2.05, 4.69) is 0 Å². The Labute approximate surface area is 108 Å². The molecule has 0 heterocycles. The molecule has 6 rings (SSSR count). The quantitative estimate of drug-likeness (QED) is 0.744. The lowest BCUT2D eigenvalue weighted by Crippen LogP contribution is -1.98. The van der Waals surface area contributed by atoms with E-state index in [-0.39, 0.29) is 11.8 Å². The third kappa shape index (κ3) is 2.06. The minimum absolute atomic E-state index is 0.108. The Hall–Kier alpha value is -1.96. The zero-order valence-electron chi connectivity index (χ0n) is 11.1. The molecular weight excluding hydrogens is 224 g/mol. The first kappa shape index (κ1) is 10.0. The van der Waals surface area contributed by atoms with Gasteiger partial charge in [-0.1, -0.05) is 24.3 Å². The molecular formula is C16H16O2. The molecule has 0 unspecified atom stereocenters. The summed E-state index contributed by atoms with van der Waals surface area (Å²) in [6.07, 6.45) is 2.76. The second-order valence-electron chi connectivity index (χ2n) is 4.82. The third-order valence-electron chi connectivity index (χ3n) is 3.57. The summed E-state index contributed by atoms with van der Waals surface area (Å²) in [6.45, 7) is 0. The molecule has 0 fully saturated rings. The highest BCUT2D eigenvalue weighted by atomic mass is 16.3. The Balaban J connectivity index is 2.08. The second-order valence-corrected chi connectivity index (χ2v) is 4.82. The van der Waals surface area contributed by atoms with Gasteiger partial charge in [-0.15, -0.1) is 0 Å². The average Bonchev–Trinajstić information content (AvgIpc) is 2.39. The summed E-state index contributed by atoms with van der Waals surface area (Å²) < 4.78 is 7.99. The normalized spacial score (nSPS) is 15.0. The standard InChI is InChI=1S/C16H16O2/c17-15-9-11-1-5-13(15)8-4-12-2-6-14(7-3-11)16(18)10-12/h1-2,5-6,9-10,17-18H,3-4,7-8H2/i9D. The minimum atomic E-state index is 0.108. The van der Waals surface area contributed by atoms with E-state index in [0.29, 0.717) is 25.0 Å². The van der Waals surface area contributed by atoms with E-state index in [4.69, 9.17) is 1.37 Å². The van der Waals surface area contributed by atoms with Gasteiger partial charge in [-0.3, -0.25) is 0 Å². The summed E-state index contributed by atoms with van der Waals surface area (Å²) in [7, 11) is 0. The van der Waals surface area contributed by atoms with Crippen molar-refractivity contribution >= 4 is 0 Å². The molecule has 0 spiro atoms. The molecule has 4 aliphatic rings. The first-order chi connectivity index (χ1) is 9.15. The first-order valence-corrected chi connectivity index (χ1v) is 6.26. The molecule has 2 aromatic rings. The summed E-state index contributed by atoms with van der Waals surface area (Å²) in [6, 6.07) is 9.86. The van der Waals surface area contributed by atoms with Gasteiger partial charge in [0.15, 0.2) is 0 Å². The highest BCUT2D eigenvalue weighted by molar-refractivity contribution is 5.41. The number of hydrogen-bond donors (Lipinski definition) is 2. The van der Waals surface area contributed by atoms with Crippen LogP contribution in [0.2, 0.25) is 0 Å². The van der Waals surface area contributed by atoms with E-state index in [0.717, 1.165) is 28.7 Å². The van der Waals surface area contributed by atoms with Crippen LogP contribution in [0.15, 0.2) is 36.4 Å². The Morgan fingerprint density at radius 2 is 1.39 bits per heavy atom. The van der Waals surface area contributed by atoms with Crippen LogP contribution in [0, 0.1) is 0 Å². The molecule has 4 aliphatic carbocycles. The van der Waals surface area contributed by atoms with Crippen molar-refractivity contribution < 1.29 is 11.6 Å².